The molecule has 0 fully saturated rings. The van der Waals surface area contributed by atoms with Crippen LogP contribution in [0, 0.1) is 0 Å². The van der Waals surface area contributed by atoms with Gasteiger partial charge >= 0.3 is 6.01 Å². The number of hydrogen-bond acceptors (Lipinski definition) is 4. The fraction of sp³-hybridized carbons (Fsp3) is 0.353. The summed E-state index contributed by atoms with van der Waals surface area (Å²) in [7, 11) is 0. The Bertz CT molecular complexity index is 626. The van der Waals surface area contributed by atoms with Crippen molar-refractivity contribution in [3.63, 3.8) is 0 Å². The lowest BCUT2D eigenvalue weighted by molar-refractivity contribution is -0.119. The van der Waals surface area contributed by atoms with Gasteiger partial charge in [0.05, 0.1) is 12.3 Å². The normalized spacial score (nSPS) is 11.8. The highest BCUT2D eigenvalue weighted by molar-refractivity contribution is 5.73. The van der Waals surface area contributed by atoms with E-state index in [1.54, 1.807) is 6.20 Å². The van der Waals surface area contributed by atoms with Gasteiger partial charge in [0.15, 0.2) is 0 Å². The second-order valence-electron chi connectivity index (χ2n) is 5.16. The molecule has 116 valence electrons. The first-order chi connectivity index (χ1) is 10.6. The first-order valence-corrected chi connectivity index (χ1v) is 7.40. The smallest absolute Gasteiger partial charge is 0.316 e. The van der Waals surface area contributed by atoms with Gasteiger partial charge in [0.2, 0.25) is 5.91 Å². The highest BCUT2D eigenvalue weighted by atomic mass is 16.5. The molecule has 0 spiro atoms. The van der Waals surface area contributed by atoms with E-state index in [1.165, 1.54) is 12.5 Å². The largest absolute Gasteiger partial charge is 0.464 e. The molecule has 22 heavy (non-hydrogen) atoms. The Morgan fingerprint density at radius 3 is 2.64 bits per heavy atom. The summed E-state index contributed by atoms with van der Waals surface area (Å²) >= 11 is 0. The lowest BCUT2D eigenvalue weighted by Crippen LogP contribution is -2.31. The average Bonchev–Trinajstić information content (AvgIpc) is 2.48. The zero-order valence-corrected chi connectivity index (χ0v) is 13.2. The number of benzene rings is 1. The number of hydrogen-bond donors (Lipinski definition) is 1. The van der Waals surface area contributed by atoms with Crippen LogP contribution in [0.5, 0.6) is 6.01 Å². The van der Waals surface area contributed by atoms with Crippen LogP contribution in [0.25, 0.3) is 11.3 Å². The van der Waals surface area contributed by atoms with Crippen LogP contribution in [-0.2, 0) is 11.2 Å². The summed E-state index contributed by atoms with van der Waals surface area (Å²) in [4.78, 5) is 19.5. The van der Waals surface area contributed by atoms with E-state index in [-0.39, 0.29) is 11.9 Å². The van der Waals surface area contributed by atoms with Crippen molar-refractivity contribution in [1.82, 2.24) is 15.3 Å². The molecule has 5 nitrogen and oxygen atoms in total. The molecule has 2 aromatic rings. The van der Waals surface area contributed by atoms with Gasteiger partial charge in [-0.05, 0) is 31.9 Å². The Morgan fingerprint density at radius 2 is 2.00 bits per heavy atom. The lowest BCUT2D eigenvalue weighted by Gasteiger charge is -2.12. The van der Waals surface area contributed by atoms with Gasteiger partial charge in [0.1, 0.15) is 0 Å². The summed E-state index contributed by atoms with van der Waals surface area (Å²) in [5.74, 6) is -0.00596. The number of ether oxygens (including phenoxy) is 1. The fourth-order valence-electron chi connectivity index (χ4n) is 2.26. The topological polar surface area (TPSA) is 64.1 Å². The van der Waals surface area contributed by atoms with Crippen LogP contribution in [0.15, 0.2) is 36.5 Å². The number of aromatic nitrogens is 2. The maximum Gasteiger partial charge on any atom is 0.316 e. The monoisotopic (exact) mass is 299 g/mol. The molecule has 1 aromatic heterocycles. The minimum absolute atomic E-state index is 0.00596. The minimum Gasteiger partial charge on any atom is -0.464 e. The molecule has 0 saturated carbocycles. The van der Waals surface area contributed by atoms with E-state index in [4.69, 9.17) is 4.74 Å². The molecule has 0 aliphatic heterocycles. The molecule has 1 heterocycles. The third-order valence-electron chi connectivity index (χ3n) is 3.15. The molecule has 0 aliphatic rings. The SMILES string of the molecule is CCOc1nccc(-c2ccc(CC(C)NC(C)=O)cc2)n1. The summed E-state index contributed by atoms with van der Waals surface area (Å²) in [5, 5.41) is 2.88. The molecule has 0 bridgehead atoms. The van der Waals surface area contributed by atoms with E-state index in [2.05, 4.69) is 27.4 Å². The number of rotatable bonds is 6. The van der Waals surface area contributed by atoms with Crippen LogP contribution in [-0.4, -0.2) is 28.5 Å². The summed E-state index contributed by atoms with van der Waals surface area (Å²) in [6, 6.07) is 10.5. The van der Waals surface area contributed by atoms with Crippen molar-refractivity contribution in [3.8, 4) is 17.3 Å². The quantitative estimate of drug-likeness (QED) is 0.890. The number of nitrogens with zero attached hydrogens (tertiary/aromatic N) is 2. The van der Waals surface area contributed by atoms with Crippen LogP contribution in [0.4, 0.5) is 0 Å². The molecule has 0 radical (unpaired) electrons. The molecule has 1 atom stereocenters. The second-order valence-corrected chi connectivity index (χ2v) is 5.16. The minimum atomic E-state index is -0.00596. The average molecular weight is 299 g/mol. The third kappa shape index (κ3) is 4.55. The fourth-order valence-corrected chi connectivity index (χ4v) is 2.26. The van der Waals surface area contributed by atoms with Gasteiger partial charge in [-0.15, -0.1) is 0 Å². The molecular formula is C17H21N3O2. The van der Waals surface area contributed by atoms with Crippen LogP contribution in [0.2, 0.25) is 0 Å². The van der Waals surface area contributed by atoms with Gasteiger partial charge in [-0.2, -0.15) is 4.98 Å². The van der Waals surface area contributed by atoms with E-state index in [1.807, 2.05) is 32.0 Å². The Morgan fingerprint density at radius 1 is 1.27 bits per heavy atom. The predicted octanol–water partition coefficient (Wildman–Crippen LogP) is 2.61. The first kappa shape index (κ1) is 15.9. The van der Waals surface area contributed by atoms with Crippen molar-refractivity contribution in [1.29, 1.82) is 0 Å². The predicted molar refractivity (Wildman–Crippen MR) is 85.6 cm³/mol. The third-order valence-corrected chi connectivity index (χ3v) is 3.15. The van der Waals surface area contributed by atoms with Gasteiger partial charge in [0.25, 0.3) is 0 Å². The van der Waals surface area contributed by atoms with E-state index in [0.717, 1.165) is 17.7 Å². The Labute approximate surface area is 130 Å². The van der Waals surface area contributed by atoms with Crippen LogP contribution >= 0.6 is 0 Å². The number of carbonyl (C=O) groups is 1. The Balaban J connectivity index is 2.08. The molecule has 0 saturated heterocycles. The number of carbonyl (C=O) groups excluding carboxylic acids is 1. The molecule has 2 rings (SSSR count). The van der Waals surface area contributed by atoms with Gasteiger partial charge < -0.3 is 10.1 Å². The van der Waals surface area contributed by atoms with Crippen molar-refractivity contribution in [2.45, 2.75) is 33.2 Å². The Hall–Kier alpha value is -2.43. The zero-order chi connectivity index (χ0) is 15.9. The highest BCUT2D eigenvalue weighted by Crippen LogP contribution is 2.19. The lowest BCUT2D eigenvalue weighted by atomic mass is 10.0. The van der Waals surface area contributed by atoms with Gasteiger partial charge in [0, 0.05) is 24.7 Å². The van der Waals surface area contributed by atoms with Crippen molar-refractivity contribution in [2.24, 2.45) is 0 Å². The summed E-state index contributed by atoms with van der Waals surface area (Å²) < 4.78 is 5.32. The van der Waals surface area contributed by atoms with Crippen LogP contribution < -0.4 is 10.1 Å². The molecule has 1 N–H and O–H groups in total. The highest BCUT2D eigenvalue weighted by Gasteiger charge is 2.06. The van der Waals surface area contributed by atoms with Crippen molar-refractivity contribution in [2.75, 3.05) is 6.61 Å². The molecule has 5 heteroatoms. The van der Waals surface area contributed by atoms with E-state index >= 15 is 0 Å². The second kappa shape index (κ2) is 7.54. The molecular weight excluding hydrogens is 278 g/mol. The van der Waals surface area contributed by atoms with Gasteiger partial charge in [-0.1, -0.05) is 24.3 Å². The van der Waals surface area contributed by atoms with Crippen LogP contribution in [0.3, 0.4) is 0 Å². The van der Waals surface area contributed by atoms with Crippen molar-refractivity contribution < 1.29 is 9.53 Å². The molecule has 1 unspecified atom stereocenters. The van der Waals surface area contributed by atoms with Crippen molar-refractivity contribution in [3.05, 3.63) is 42.1 Å². The molecule has 1 aromatic carbocycles. The number of nitrogens with one attached hydrogen (secondary N) is 1. The number of amides is 1. The van der Waals surface area contributed by atoms with Gasteiger partial charge in [-0.25, -0.2) is 4.98 Å². The van der Waals surface area contributed by atoms with E-state index < -0.39 is 0 Å². The summed E-state index contributed by atoms with van der Waals surface area (Å²) in [5.41, 5.74) is 3.02. The maximum absolute atomic E-state index is 11.0. The Kier molecular flexibility index (Phi) is 5.47. The molecule has 1 amide bonds. The van der Waals surface area contributed by atoms with Crippen molar-refractivity contribution >= 4 is 5.91 Å². The van der Waals surface area contributed by atoms with Crippen LogP contribution in [0.1, 0.15) is 26.3 Å². The van der Waals surface area contributed by atoms with Gasteiger partial charge in [-0.3, -0.25) is 4.79 Å². The molecule has 0 aliphatic carbocycles. The van der Waals surface area contributed by atoms with E-state index in [9.17, 15) is 4.79 Å². The zero-order valence-electron chi connectivity index (χ0n) is 13.2. The van der Waals surface area contributed by atoms with E-state index in [0.29, 0.717) is 12.6 Å². The summed E-state index contributed by atoms with van der Waals surface area (Å²) in [6.07, 6.45) is 2.49. The standard InChI is InChI=1S/C17H21N3O2/c1-4-22-17-18-10-9-16(20-17)15-7-5-14(6-8-15)11-12(2)19-13(3)21/h5-10,12H,4,11H2,1-3H3,(H,19,21). The first-order valence-electron chi connectivity index (χ1n) is 7.40. The summed E-state index contributed by atoms with van der Waals surface area (Å²) in [6.45, 7) is 5.98. The maximum atomic E-state index is 11.0.